The van der Waals surface area contributed by atoms with Crippen LogP contribution in [0.15, 0.2) is 76.9 Å². The Bertz CT molecular complexity index is 1670. The van der Waals surface area contributed by atoms with Crippen molar-refractivity contribution in [3.05, 3.63) is 88.0 Å². The number of carbonyl (C=O) groups excluding carboxylic acids is 4. The molecular weight excluding hydrogens is 567 g/mol. The minimum absolute atomic E-state index is 0.00247. The number of phenols is 2. The van der Waals surface area contributed by atoms with Gasteiger partial charge in [-0.25, -0.2) is 0 Å². The molecule has 8 nitrogen and oxygen atoms in total. The zero-order chi connectivity index (χ0) is 30.8. The molecule has 1 saturated heterocycles. The second-order valence-electron chi connectivity index (χ2n) is 11.2. The number of nitrogens with zero attached hydrogens (tertiary/aromatic N) is 1. The summed E-state index contributed by atoms with van der Waals surface area (Å²) in [6.45, 7) is 1.57. The van der Waals surface area contributed by atoms with Crippen LogP contribution in [0, 0.1) is 17.8 Å². The third-order valence-electron chi connectivity index (χ3n) is 8.76. The van der Waals surface area contributed by atoms with Gasteiger partial charge in [0.1, 0.15) is 17.2 Å². The van der Waals surface area contributed by atoms with Crippen LogP contribution in [0.25, 0.3) is 0 Å². The predicted molar refractivity (Wildman–Crippen MR) is 145 cm³/mol. The number of fused-ring (bicyclic) bond motifs is 3. The van der Waals surface area contributed by atoms with Crippen LogP contribution in [-0.2, 0) is 25.6 Å². The van der Waals surface area contributed by atoms with Crippen LogP contribution in [0.2, 0.25) is 0 Å². The fourth-order valence-corrected chi connectivity index (χ4v) is 6.87. The molecule has 1 heterocycles. The Hall–Kier alpha value is -4.67. The Labute approximate surface area is 243 Å². The minimum atomic E-state index is -5.01. The number of imide groups is 1. The van der Waals surface area contributed by atoms with Crippen molar-refractivity contribution in [2.75, 3.05) is 6.54 Å². The van der Waals surface area contributed by atoms with Crippen LogP contribution in [0.4, 0.5) is 13.2 Å². The first-order chi connectivity index (χ1) is 20.3. The molecular formula is C32H26F3NO7. The summed E-state index contributed by atoms with van der Waals surface area (Å²) in [6.07, 6.45) is -1.60. The number of likely N-dealkylation sites (tertiary alicyclic amines) is 1. The van der Waals surface area contributed by atoms with Gasteiger partial charge >= 0.3 is 6.36 Å². The molecule has 1 fully saturated rings. The summed E-state index contributed by atoms with van der Waals surface area (Å²) < 4.78 is 43.3. The fraction of sp³-hybridized carbons (Fsp3) is 0.312. The number of benzene rings is 2. The highest BCUT2D eigenvalue weighted by molar-refractivity contribution is 6.24. The van der Waals surface area contributed by atoms with E-state index in [4.69, 9.17) is 0 Å². The molecule has 2 N–H and O–H groups in total. The van der Waals surface area contributed by atoms with E-state index in [0.717, 1.165) is 23.8 Å². The SMILES string of the molecule is CC1=CC(=O)C2=C(C1=O)[C@@H](c1cc(OC(F)(F)F)ccc1O)C1=CC[C@@H]3C(=O)N(CCc4ccc(O)cc4)C(=O)[C@@H]3[C@@H]1C2. The van der Waals surface area contributed by atoms with Gasteiger partial charge in [0, 0.05) is 34.7 Å². The van der Waals surface area contributed by atoms with E-state index in [0.29, 0.717) is 12.0 Å². The molecule has 1 aliphatic heterocycles. The van der Waals surface area contributed by atoms with Crippen LogP contribution in [-0.4, -0.2) is 51.4 Å². The van der Waals surface area contributed by atoms with Crippen molar-refractivity contribution in [3.63, 3.8) is 0 Å². The van der Waals surface area contributed by atoms with Gasteiger partial charge in [-0.2, -0.15) is 0 Å². The van der Waals surface area contributed by atoms with E-state index in [1.165, 1.54) is 30.0 Å². The Morgan fingerprint density at radius 2 is 1.70 bits per heavy atom. The number of hydrogen-bond acceptors (Lipinski definition) is 7. The Kier molecular flexibility index (Phi) is 6.78. The molecule has 0 spiro atoms. The average molecular weight is 594 g/mol. The number of ketones is 2. The van der Waals surface area contributed by atoms with E-state index in [2.05, 4.69) is 4.74 Å². The summed E-state index contributed by atoms with van der Waals surface area (Å²) in [4.78, 5) is 55.2. The van der Waals surface area contributed by atoms with Crippen LogP contribution in [0.5, 0.6) is 17.2 Å². The number of allylic oxidation sites excluding steroid dienone is 6. The standard InChI is InChI=1S/C32H26F3NO7/c1-15-12-25(39)23-14-21-19(26(28(23)29(15)40)22-13-18(6-9-24(22)38)43-32(33,34)35)7-8-20-27(21)31(42)36(30(20)41)11-10-16-2-4-17(37)5-3-16/h2-7,9,12-13,20-21,26-27,37-38H,8,10-11,14H2,1H3/t20-,21+,26+,27-/m0/s1. The average Bonchev–Trinajstić information content (AvgIpc) is 3.19. The Balaban J connectivity index is 1.40. The largest absolute Gasteiger partial charge is 0.573 e. The van der Waals surface area contributed by atoms with E-state index in [9.17, 15) is 42.6 Å². The summed E-state index contributed by atoms with van der Waals surface area (Å²) in [7, 11) is 0. The number of ether oxygens (including phenoxy) is 1. The van der Waals surface area contributed by atoms with Gasteiger partial charge in [-0.15, -0.1) is 13.2 Å². The minimum Gasteiger partial charge on any atom is -0.508 e. The van der Waals surface area contributed by atoms with Crippen molar-refractivity contribution in [2.45, 2.75) is 38.5 Å². The molecule has 0 unspecified atom stereocenters. The first-order valence-corrected chi connectivity index (χ1v) is 13.8. The summed E-state index contributed by atoms with van der Waals surface area (Å²) in [6, 6.07) is 9.36. The van der Waals surface area contributed by atoms with Gasteiger partial charge in [0.05, 0.1) is 11.8 Å². The van der Waals surface area contributed by atoms with Gasteiger partial charge in [0.25, 0.3) is 0 Å². The van der Waals surface area contributed by atoms with Crippen molar-refractivity contribution in [1.82, 2.24) is 4.90 Å². The van der Waals surface area contributed by atoms with Crippen LogP contribution < -0.4 is 4.74 Å². The van der Waals surface area contributed by atoms with Gasteiger partial charge in [-0.1, -0.05) is 23.8 Å². The number of amides is 2. The molecule has 11 heteroatoms. The summed E-state index contributed by atoms with van der Waals surface area (Å²) in [5.74, 6) is -6.04. The maximum Gasteiger partial charge on any atom is 0.573 e. The highest BCUT2D eigenvalue weighted by atomic mass is 19.4. The molecule has 3 aliphatic carbocycles. The van der Waals surface area contributed by atoms with Crippen LogP contribution >= 0.6 is 0 Å². The molecule has 0 saturated carbocycles. The maximum atomic E-state index is 13.8. The van der Waals surface area contributed by atoms with E-state index >= 15 is 0 Å². The molecule has 43 heavy (non-hydrogen) atoms. The third kappa shape index (κ3) is 4.92. The molecule has 6 rings (SSSR count). The zero-order valence-electron chi connectivity index (χ0n) is 22.9. The van der Waals surface area contributed by atoms with Crippen LogP contribution in [0.1, 0.15) is 36.8 Å². The lowest BCUT2D eigenvalue weighted by molar-refractivity contribution is -0.274. The molecule has 0 bridgehead atoms. The number of rotatable bonds is 5. The van der Waals surface area contributed by atoms with E-state index < -0.39 is 59.0 Å². The second-order valence-corrected chi connectivity index (χ2v) is 11.2. The van der Waals surface area contributed by atoms with Gasteiger partial charge in [-0.05, 0) is 74.1 Å². The summed E-state index contributed by atoms with van der Waals surface area (Å²) >= 11 is 0. The molecule has 2 amide bonds. The van der Waals surface area contributed by atoms with Crippen molar-refractivity contribution in [1.29, 1.82) is 0 Å². The van der Waals surface area contributed by atoms with Gasteiger partial charge in [0.15, 0.2) is 11.6 Å². The van der Waals surface area contributed by atoms with Gasteiger partial charge < -0.3 is 14.9 Å². The molecule has 0 aromatic heterocycles. The highest BCUT2D eigenvalue weighted by Crippen LogP contribution is 2.56. The highest BCUT2D eigenvalue weighted by Gasteiger charge is 2.56. The molecule has 222 valence electrons. The number of halogens is 3. The lowest BCUT2D eigenvalue weighted by Crippen LogP contribution is -2.40. The Morgan fingerprint density at radius 1 is 0.977 bits per heavy atom. The van der Waals surface area contributed by atoms with Crippen molar-refractivity contribution >= 4 is 23.4 Å². The lowest BCUT2D eigenvalue weighted by atomic mass is 9.59. The molecule has 2 aromatic rings. The summed E-state index contributed by atoms with van der Waals surface area (Å²) in [5.41, 5.74) is 1.55. The number of aromatic hydroxyl groups is 2. The topological polar surface area (TPSA) is 121 Å². The fourth-order valence-electron chi connectivity index (χ4n) is 6.87. The third-order valence-corrected chi connectivity index (χ3v) is 8.76. The van der Waals surface area contributed by atoms with E-state index in [1.54, 1.807) is 18.2 Å². The van der Waals surface area contributed by atoms with Crippen LogP contribution in [0.3, 0.4) is 0 Å². The smallest absolute Gasteiger partial charge is 0.508 e. The second kappa shape index (κ2) is 10.3. The molecule has 0 radical (unpaired) electrons. The predicted octanol–water partition coefficient (Wildman–Crippen LogP) is 4.67. The Morgan fingerprint density at radius 3 is 2.40 bits per heavy atom. The quantitative estimate of drug-likeness (QED) is 0.294. The number of Topliss-reactive ketones (excluding diaryl/α,β-unsaturated/α-hetero) is 1. The number of carbonyl (C=O) groups is 4. The van der Waals surface area contributed by atoms with Crippen molar-refractivity contribution in [2.24, 2.45) is 17.8 Å². The first kappa shape index (κ1) is 28.4. The van der Waals surface area contributed by atoms with Crippen molar-refractivity contribution in [3.8, 4) is 17.2 Å². The zero-order valence-corrected chi connectivity index (χ0v) is 22.9. The van der Waals surface area contributed by atoms with E-state index in [1.807, 2.05) is 0 Å². The normalized spacial score (nSPS) is 25.3. The maximum absolute atomic E-state index is 13.8. The van der Waals surface area contributed by atoms with E-state index in [-0.39, 0.29) is 53.3 Å². The van der Waals surface area contributed by atoms with Gasteiger partial charge in [-0.3, -0.25) is 24.1 Å². The molecule has 4 atom stereocenters. The lowest BCUT2D eigenvalue weighted by Gasteiger charge is -2.42. The number of hydrogen-bond donors (Lipinski definition) is 2. The number of alkyl halides is 3. The monoisotopic (exact) mass is 593 g/mol. The molecule has 4 aliphatic rings. The van der Waals surface area contributed by atoms with Crippen molar-refractivity contribution < 1.29 is 47.3 Å². The molecule has 2 aromatic carbocycles. The number of phenolic OH excluding ortho intramolecular Hbond substituents is 2. The summed E-state index contributed by atoms with van der Waals surface area (Å²) in [5, 5.41) is 20.4. The first-order valence-electron chi connectivity index (χ1n) is 13.8. The van der Waals surface area contributed by atoms with Gasteiger partial charge in [0.2, 0.25) is 11.8 Å².